The maximum absolute atomic E-state index is 13.7. The van der Waals surface area contributed by atoms with Crippen LogP contribution in [0.4, 0.5) is 4.39 Å². The number of aromatic nitrogens is 4. The van der Waals surface area contributed by atoms with Crippen LogP contribution in [0.15, 0.2) is 48.7 Å². The quantitative estimate of drug-likeness (QED) is 0.162. The van der Waals surface area contributed by atoms with Crippen LogP contribution in [0.5, 0.6) is 0 Å². The van der Waals surface area contributed by atoms with Crippen molar-refractivity contribution < 1.29 is 24.1 Å². The molecular formula is C26H29FN8O4S. The smallest absolute Gasteiger partial charge is 0.290 e. The predicted octanol–water partition coefficient (Wildman–Crippen LogP) is 1.37. The molecule has 210 valence electrons. The number of fused-ring (bicyclic) bond motifs is 1. The van der Waals surface area contributed by atoms with Gasteiger partial charge in [0, 0.05) is 25.2 Å². The van der Waals surface area contributed by atoms with E-state index in [1.54, 1.807) is 6.07 Å². The van der Waals surface area contributed by atoms with Crippen molar-refractivity contribution in [3.05, 3.63) is 76.7 Å². The third-order valence-electron chi connectivity index (χ3n) is 6.65. The first-order valence-electron chi connectivity index (χ1n) is 12.5. The number of carbonyl (C=O) groups excluding carboxylic acids is 1. The molecule has 1 aliphatic heterocycles. The van der Waals surface area contributed by atoms with Crippen molar-refractivity contribution in [3.63, 3.8) is 0 Å². The number of hydrazine groups is 1. The number of nitrogens with two attached hydrogens (primary N) is 2. The highest BCUT2D eigenvalue weighted by atomic mass is 32.1. The van der Waals surface area contributed by atoms with Crippen LogP contribution in [-0.4, -0.2) is 72.8 Å². The minimum absolute atomic E-state index is 0.0789. The van der Waals surface area contributed by atoms with Crippen LogP contribution in [0.25, 0.3) is 21.6 Å². The van der Waals surface area contributed by atoms with E-state index in [0.717, 1.165) is 15.2 Å². The molecule has 1 aliphatic rings. The van der Waals surface area contributed by atoms with E-state index in [2.05, 4.69) is 20.4 Å². The van der Waals surface area contributed by atoms with Crippen molar-refractivity contribution in [2.75, 3.05) is 13.7 Å². The van der Waals surface area contributed by atoms with E-state index in [-0.39, 0.29) is 23.8 Å². The van der Waals surface area contributed by atoms with Gasteiger partial charge in [-0.2, -0.15) is 0 Å². The Bertz CT molecular complexity index is 1570. The van der Waals surface area contributed by atoms with E-state index in [4.69, 9.17) is 16.3 Å². The summed E-state index contributed by atoms with van der Waals surface area (Å²) in [6, 6.07) is 10.5. The number of hydrogen-bond acceptors (Lipinski definition) is 11. The van der Waals surface area contributed by atoms with Crippen LogP contribution < -0.4 is 16.9 Å². The topological polar surface area (TPSA) is 178 Å². The lowest BCUT2D eigenvalue weighted by atomic mass is 9.94. The minimum atomic E-state index is -1.20. The van der Waals surface area contributed by atoms with Crippen LogP contribution in [0.2, 0.25) is 0 Å². The highest BCUT2D eigenvalue weighted by Crippen LogP contribution is 2.35. The van der Waals surface area contributed by atoms with Gasteiger partial charge in [-0.15, -0.1) is 16.4 Å². The molecule has 0 saturated carbocycles. The van der Waals surface area contributed by atoms with Crippen LogP contribution in [0, 0.1) is 12.7 Å². The summed E-state index contributed by atoms with van der Waals surface area (Å²) >= 11 is 1.52. The number of amides is 1. The second kappa shape index (κ2) is 11.3. The molecular weight excluding hydrogens is 539 g/mol. The Balaban J connectivity index is 1.52. The number of nitrogens with zero attached hydrogens (tertiary/aromatic N) is 5. The number of aliphatic hydroxyl groups excluding tert-OH is 2. The van der Waals surface area contributed by atoms with Gasteiger partial charge in [0.15, 0.2) is 5.82 Å². The number of aliphatic hydroxyl groups is 2. The molecule has 0 unspecified atom stereocenters. The molecule has 0 spiro atoms. The number of benzene rings is 2. The zero-order valence-electron chi connectivity index (χ0n) is 21.7. The Morgan fingerprint density at radius 1 is 1.32 bits per heavy atom. The Morgan fingerprint density at radius 2 is 2.12 bits per heavy atom. The monoisotopic (exact) mass is 568 g/mol. The van der Waals surface area contributed by atoms with Crippen LogP contribution in [0.3, 0.4) is 0 Å². The fraction of sp³-hybridized carbons (Fsp3) is 0.308. The van der Waals surface area contributed by atoms with Crippen molar-refractivity contribution in [1.29, 1.82) is 0 Å². The zero-order chi connectivity index (χ0) is 28.6. The summed E-state index contributed by atoms with van der Waals surface area (Å²) in [4.78, 5) is 21.4. The molecule has 1 saturated heterocycles. The molecule has 3 heterocycles. The van der Waals surface area contributed by atoms with E-state index in [1.165, 1.54) is 52.5 Å². The van der Waals surface area contributed by atoms with Gasteiger partial charge in [-0.1, -0.05) is 12.1 Å². The average Bonchev–Trinajstić information content (AvgIpc) is 3.55. The molecule has 2 aromatic heterocycles. The molecule has 0 aliphatic carbocycles. The first-order valence-corrected chi connectivity index (χ1v) is 13.3. The zero-order valence-corrected chi connectivity index (χ0v) is 22.5. The number of nitrogens with one attached hydrogen (secondary N) is 1. The maximum Gasteiger partial charge on any atom is 0.290 e. The van der Waals surface area contributed by atoms with Crippen LogP contribution in [0.1, 0.15) is 39.5 Å². The molecule has 5 rings (SSSR count). The van der Waals surface area contributed by atoms with E-state index < -0.39 is 42.7 Å². The Morgan fingerprint density at radius 3 is 2.85 bits per heavy atom. The third kappa shape index (κ3) is 5.39. The van der Waals surface area contributed by atoms with Gasteiger partial charge in [0.05, 0.1) is 39.3 Å². The number of hydrogen-bond donors (Lipinski definition) is 5. The van der Waals surface area contributed by atoms with E-state index in [9.17, 15) is 19.4 Å². The summed E-state index contributed by atoms with van der Waals surface area (Å²) in [6.07, 6.45) is -1.56. The van der Waals surface area contributed by atoms with Gasteiger partial charge in [0.2, 0.25) is 5.82 Å². The summed E-state index contributed by atoms with van der Waals surface area (Å²) in [5, 5.41) is 30.1. The molecule has 14 heteroatoms. The number of aryl methyl sites for hydroxylation is 1. The summed E-state index contributed by atoms with van der Waals surface area (Å²) in [7, 11) is 1.47. The summed E-state index contributed by atoms with van der Waals surface area (Å²) in [5.74, 6) is 5.59. The molecule has 40 heavy (non-hydrogen) atoms. The number of rotatable bonds is 7. The van der Waals surface area contributed by atoms with Crippen LogP contribution in [-0.2, 0) is 4.74 Å². The van der Waals surface area contributed by atoms with E-state index in [0.29, 0.717) is 11.3 Å². The second-order valence-electron chi connectivity index (χ2n) is 9.35. The number of carbonyl (C=O) groups is 1. The second-order valence-corrected chi connectivity index (χ2v) is 10.6. The number of halogens is 1. The van der Waals surface area contributed by atoms with Gasteiger partial charge < -0.3 is 31.0 Å². The van der Waals surface area contributed by atoms with Crippen LogP contribution >= 0.6 is 11.3 Å². The van der Waals surface area contributed by atoms with E-state index >= 15 is 0 Å². The molecule has 1 fully saturated rings. The van der Waals surface area contributed by atoms with Gasteiger partial charge in [0.1, 0.15) is 24.1 Å². The third-order valence-corrected chi connectivity index (χ3v) is 7.59. The largest absolute Gasteiger partial charge is 0.397 e. The molecule has 4 aromatic rings. The van der Waals surface area contributed by atoms with Gasteiger partial charge in [-0.3, -0.25) is 4.79 Å². The molecule has 4 atom stereocenters. The minimum Gasteiger partial charge on any atom is -0.397 e. The highest BCUT2D eigenvalue weighted by Gasteiger charge is 2.42. The highest BCUT2D eigenvalue weighted by molar-refractivity contribution is 7.18. The maximum atomic E-state index is 13.7. The summed E-state index contributed by atoms with van der Waals surface area (Å²) in [6.45, 7) is 1.41. The standard InChI is InChI=1S/C26H29FN8O4S/c1-13-31-18-7-6-16(9-22(18)40-13)35-25(32-24(33-35)26(38)30-2)20-10-19(23(37)21(12-36)39-20)34(29)11-17(28)14-4-3-5-15(27)8-14/h3-9,11,19-21,23,36-37H,10,12,28-29H2,1-2H3,(H,30,38)/b17-11-/t19-,20-,21-,23-/m1/s1. The van der Waals surface area contributed by atoms with Crippen molar-refractivity contribution in [2.24, 2.45) is 11.6 Å². The summed E-state index contributed by atoms with van der Waals surface area (Å²) < 4.78 is 22.2. The van der Waals surface area contributed by atoms with E-state index in [1.807, 2.05) is 25.1 Å². The molecule has 1 amide bonds. The van der Waals surface area contributed by atoms with Crippen molar-refractivity contribution >= 4 is 33.2 Å². The number of thiazole rings is 1. The first kappa shape index (κ1) is 27.6. The van der Waals surface area contributed by atoms with Gasteiger partial charge in [-0.25, -0.2) is 24.9 Å². The predicted molar refractivity (Wildman–Crippen MR) is 146 cm³/mol. The first-order chi connectivity index (χ1) is 19.2. The molecule has 0 bridgehead atoms. The average molecular weight is 569 g/mol. The molecule has 0 radical (unpaired) electrons. The lowest BCUT2D eigenvalue weighted by molar-refractivity contribution is -0.165. The Labute approximate surface area is 232 Å². The summed E-state index contributed by atoms with van der Waals surface area (Å²) in [5.41, 5.74) is 8.21. The number of ether oxygens (including phenoxy) is 1. The lowest BCUT2D eigenvalue weighted by Gasteiger charge is -2.41. The van der Waals surface area contributed by atoms with Crippen molar-refractivity contribution in [1.82, 2.24) is 30.1 Å². The van der Waals surface area contributed by atoms with Gasteiger partial charge in [0.25, 0.3) is 5.91 Å². The molecule has 7 N–H and O–H groups in total. The fourth-order valence-electron chi connectivity index (χ4n) is 4.66. The van der Waals surface area contributed by atoms with Gasteiger partial charge in [-0.05, 0) is 37.3 Å². The van der Waals surface area contributed by atoms with Crippen molar-refractivity contribution in [3.8, 4) is 5.69 Å². The van der Waals surface area contributed by atoms with Gasteiger partial charge >= 0.3 is 0 Å². The Hall–Kier alpha value is -3.95. The molecule has 12 nitrogen and oxygen atoms in total. The lowest BCUT2D eigenvalue weighted by Crippen LogP contribution is -2.55. The normalized spacial score (nSPS) is 21.5. The Kier molecular flexibility index (Phi) is 7.78. The fourth-order valence-corrected chi connectivity index (χ4v) is 5.52. The SMILES string of the molecule is CNC(=O)c1nc([C@H]2C[C@@H](N(N)/C=C(\N)c3cccc(F)c3)[C@@H](O)[C@@H](CO)O2)n(-c2ccc3nc(C)sc3c2)n1. The van der Waals surface area contributed by atoms with Crippen molar-refractivity contribution in [2.45, 2.75) is 37.7 Å². The molecule has 2 aromatic carbocycles.